The summed E-state index contributed by atoms with van der Waals surface area (Å²) in [5.74, 6) is -1.07. The highest BCUT2D eigenvalue weighted by atomic mass is 19.4. The number of hydrogen-bond donors (Lipinski definition) is 0. The van der Waals surface area contributed by atoms with Crippen LogP contribution in [0.4, 0.5) is 22.0 Å². The van der Waals surface area contributed by atoms with E-state index in [0.29, 0.717) is 44.0 Å². The lowest BCUT2D eigenvalue weighted by Crippen LogP contribution is -2.39. The number of fused-ring (bicyclic) bond motifs is 1. The van der Waals surface area contributed by atoms with Gasteiger partial charge in [-0.2, -0.15) is 8.78 Å². The van der Waals surface area contributed by atoms with E-state index in [1.807, 2.05) is 4.90 Å². The molecule has 32 heavy (non-hydrogen) atoms. The summed E-state index contributed by atoms with van der Waals surface area (Å²) in [6, 6.07) is 8.15. The molecule has 1 aromatic carbocycles. The number of alkyl halides is 5. The summed E-state index contributed by atoms with van der Waals surface area (Å²) in [6.07, 6.45) is -7.11. The SMILES string of the molecule is FC(F)(F)Oc1ccc(-c2ccc3nnc(C(F)(F)OCCN4CCOCC4)n3c2)cc1. The fraction of sp³-hybridized carbons (Fsp3) is 0.400. The van der Waals surface area contributed by atoms with Crippen LogP contribution in [0.3, 0.4) is 0 Å². The van der Waals surface area contributed by atoms with Crippen LogP contribution < -0.4 is 4.74 Å². The summed E-state index contributed by atoms with van der Waals surface area (Å²) < 4.78 is 81.4. The summed E-state index contributed by atoms with van der Waals surface area (Å²) in [5, 5.41) is 7.33. The molecular formula is C20H19F5N4O3. The maximum absolute atomic E-state index is 14.7. The predicted molar refractivity (Wildman–Crippen MR) is 102 cm³/mol. The van der Waals surface area contributed by atoms with Crippen LogP contribution in [-0.2, 0) is 15.6 Å². The Bertz CT molecular complexity index is 1050. The van der Waals surface area contributed by atoms with Crippen LogP contribution in [0.25, 0.3) is 16.8 Å². The largest absolute Gasteiger partial charge is 0.573 e. The van der Waals surface area contributed by atoms with E-state index in [0.717, 1.165) is 16.5 Å². The molecule has 0 unspecified atom stereocenters. The van der Waals surface area contributed by atoms with Crippen molar-refractivity contribution < 1.29 is 36.2 Å². The monoisotopic (exact) mass is 458 g/mol. The van der Waals surface area contributed by atoms with Crippen LogP contribution >= 0.6 is 0 Å². The Labute approximate surface area is 179 Å². The third-order valence-corrected chi connectivity index (χ3v) is 4.88. The highest BCUT2D eigenvalue weighted by molar-refractivity contribution is 5.65. The van der Waals surface area contributed by atoms with Crippen LogP contribution in [0.1, 0.15) is 5.82 Å². The van der Waals surface area contributed by atoms with E-state index in [9.17, 15) is 22.0 Å². The Kier molecular flexibility index (Phi) is 6.26. The Morgan fingerprint density at radius 2 is 1.59 bits per heavy atom. The van der Waals surface area contributed by atoms with Gasteiger partial charge in [-0.05, 0) is 35.4 Å². The first-order valence-electron chi connectivity index (χ1n) is 9.75. The van der Waals surface area contributed by atoms with Gasteiger partial charge in [0.2, 0.25) is 5.82 Å². The highest BCUT2D eigenvalue weighted by Gasteiger charge is 2.39. The molecule has 0 saturated carbocycles. The quantitative estimate of drug-likeness (QED) is 0.504. The van der Waals surface area contributed by atoms with Crippen molar-refractivity contribution >= 4 is 5.65 Å². The van der Waals surface area contributed by atoms with Gasteiger partial charge >= 0.3 is 12.5 Å². The van der Waals surface area contributed by atoms with Gasteiger partial charge in [-0.1, -0.05) is 12.1 Å². The van der Waals surface area contributed by atoms with Crippen molar-refractivity contribution in [2.75, 3.05) is 39.5 Å². The number of halogens is 5. The molecule has 0 atom stereocenters. The number of hydrogen-bond acceptors (Lipinski definition) is 6. The lowest BCUT2D eigenvalue weighted by Gasteiger charge is -2.27. The lowest BCUT2D eigenvalue weighted by atomic mass is 10.1. The molecule has 0 spiro atoms. The van der Waals surface area contributed by atoms with Crippen molar-refractivity contribution in [2.45, 2.75) is 12.5 Å². The zero-order chi connectivity index (χ0) is 22.8. The average Bonchev–Trinajstić information content (AvgIpc) is 3.18. The molecule has 3 heterocycles. The minimum absolute atomic E-state index is 0.178. The number of aromatic nitrogens is 3. The van der Waals surface area contributed by atoms with E-state index in [1.165, 1.54) is 24.4 Å². The minimum atomic E-state index is -4.80. The van der Waals surface area contributed by atoms with E-state index >= 15 is 0 Å². The Hall–Kier alpha value is -2.83. The smallest absolute Gasteiger partial charge is 0.406 e. The molecule has 0 amide bonds. The zero-order valence-corrected chi connectivity index (χ0v) is 16.7. The molecule has 1 aliphatic heterocycles. The maximum Gasteiger partial charge on any atom is 0.573 e. The van der Waals surface area contributed by atoms with Crippen LogP contribution in [0.15, 0.2) is 42.6 Å². The van der Waals surface area contributed by atoms with E-state index in [2.05, 4.69) is 14.9 Å². The van der Waals surface area contributed by atoms with Gasteiger partial charge in [-0.25, -0.2) is 0 Å². The first-order chi connectivity index (χ1) is 15.2. The van der Waals surface area contributed by atoms with Gasteiger partial charge in [0.25, 0.3) is 0 Å². The first-order valence-corrected chi connectivity index (χ1v) is 9.75. The molecule has 172 valence electrons. The summed E-state index contributed by atoms with van der Waals surface area (Å²) >= 11 is 0. The summed E-state index contributed by atoms with van der Waals surface area (Å²) in [4.78, 5) is 1.96. The minimum Gasteiger partial charge on any atom is -0.406 e. The summed E-state index contributed by atoms with van der Waals surface area (Å²) in [6.45, 7) is 2.53. The highest BCUT2D eigenvalue weighted by Crippen LogP contribution is 2.31. The van der Waals surface area contributed by atoms with Crippen LogP contribution in [0, 0.1) is 0 Å². The van der Waals surface area contributed by atoms with Gasteiger partial charge in [-0.15, -0.1) is 23.4 Å². The first kappa shape index (κ1) is 22.4. The molecule has 0 N–H and O–H groups in total. The summed E-state index contributed by atoms with van der Waals surface area (Å²) in [7, 11) is 0. The van der Waals surface area contributed by atoms with Crippen molar-refractivity contribution in [1.82, 2.24) is 19.5 Å². The number of ether oxygens (including phenoxy) is 3. The van der Waals surface area contributed by atoms with Crippen molar-refractivity contribution in [3.05, 3.63) is 48.4 Å². The number of pyridine rings is 1. The van der Waals surface area contributed by atoms with Gasteiger partial charge in [0.05, 0.1) is 19.8 Å². The third kappa shape index (κ3) is 5.31. The van der Waals surface area contributed by atoms with E-state index in [4.69, 9.17) is 9.47 Å². The van der Waals surface area contributed by atoms with Gasteiger partial charge in [0.1, 0.15) is 5.75 Å². The number of rotatable bonds is 7. The predicted octanol–water partition coefficient (Wildman–Crippen LogP) is 3.69. The second-order valence-corrected chi connectivity index (χ2v) is 7.06. The number of nitrogens with zero attached hydrogens (tertiary/aromatic N) is 4. The topological polar surface area (TPSA) is 61.1 Å². The van der Waals surface area contributed by atoms with E-state index < -0.39 is 18.3 Å². The fourth-order valence-electron chi connectivity index (χ4n) is 3.30. The van der Waals surface area contributed by atoms with Gasteiger partial charge < -0.3 is 14.2 Å². The molecule has 7 nitrogen and oxygen atoms in total. The molecule has 3 aromatic rings. The fourth-order valence-corrected chi connectivity index (χ4v) is 3.30. The number of morpholine rings is 1. The lowest BCUT2D eigenvalue weighted by molar-refractivity contribution is -0.274. The van der Waals surface area contributed by atoms with Gasteiger partial charge in [0.15, 0.2) is 5.65 Å². The molecule has 2 aromatic heterocycles. The Morgan fingerprint density at radius 3 is 2.28 bits per heavy atom. The normalized spacial score (nSPS) is 15.9. The van der Waals surface area contributed by atoms with Gasteiger partial charge in [-0.3, -0.25) is 9.30 Å². The van der Waals surface area contributed by atoms with Gasteiger partial charge in [0, 0.05) is 25.8 Å². The number of benzene rings is 1. The second-order valence-electron chi connectivity index (χ2n) is 7.06. The van der Waals surface area contributed by atoms with Crippen molar-refractivity contribution in [2.24, 2.45) is 0 Å². The maximum atomic E-state index is 14.7. The van der Waals surface area contributed by atoms with Crippen LogP contribution in [-0.4, -0.2) is 65.3 Å². The van der Waals surface area contributed by atoms with Crippen LogP contribution in [0.5, 0.6) is 5.75 Å². The summed E-state index contributed by atoms with van der Waals surface area (Å²) in [5.41, 5.74) is 1.15. The Morgan fingerprint density at radius 1 is 0.906 bits per heavy atom. The zero-order valence-electron chi connectivity index (χ0n) is 16.7. The molecule has 1 saturated heterocycles. The van der Waals surface area contributed by atoms with Crippen LogP contribution in [0.2, 0.25) is 0 Å². The Balaban J connectivity index is 1.50. The molecule has 4 rings (SSSR count). The van der Waals surface area contributed by atoms with E-state index in [1.54, 1.807) is 6.07 Å². The molecule has 0 radical (unpaired) electrons. The standard InChI is InChI=1S/C20H19F5N4O3/c21-19(22,31-12-9-28-7-10-30-11-8-28)18-27-26-17-6-3-15(13-29(17)18)14-1-4-16(5-2-14)32-20(23,24)25/h1-6,13H,7-12H2. The second kappa shape index (κ2) is 8.96. The molecule has 0 aliphatic carbocycles. The average molecular weight is 458 g/mol. The molecule has 0 bridgehead atoms. The molecule has 1 fully saturated rings. The molecule has 12 heteroatoms. The van der Waals surface area contributed by atoms with Crippen molar-refractivity contribution in [1.29, 1.82) is 0 Å². The molecule has 1 aliphatic rings. The van der Waals surface area contributed by atoms with E-state index in [-0.39, 0.29) is 18.0 Å². The third-order valence-electron chi connectivity index (χ3n) is 4.88. The van der Waals surface area contributed by atoms with Crippen molar-refractivity contribution in [3.63, 3.8) is 0 Å². The molecular weight excluding hydrogens is 439 g/mol. The van der Waals surface area contributed by atoms with Crippen molar-refractivity contribution in [3.8, 4) is 16.9 Å².